The number of nitrogens with one attached hydrogen (secondary N) is 1. The number of aromatic nitrogens is 3. The van der Waals surface area contributed by atoms with Crippen LogP contribution in [0, 0.1) is 0 Å². The topological polar surface area (TPSA) is 63.0 Å². The Balaban J connectivity index is 2.00. The van der Waals surface area contributed by atoms with Crippen LogP contribution in [0.3, 0.4) is 0 Å². The molecule has 4 rings (SSSR count). The van der Waals surface area contributed by atoms with Gasteiger partial charge < -0.3 is 15.0 Å². The molecule has 0 unspecified atom stereocenters. The minimum absolute atomic E-state index is 0.0289. The van der Waals surface area contributed by atoms with E-state index in [4.69, 9.17) is 11.6 Å². The van der Waals surface area contributed by atoms with Crippen molar-refractivity contribution in [2.24, 2.45) is 0 Å². The van der Waals surface area contributed by atoms with Gasteiger partial charge >= 0.3 is 0 Å². The summed E-state index contributed by atoms with van der Waals surface area (Å²) < 4.78 is 2.01. The fraction of sp³-hybridized carbons (Fsp3) is 0.100. The number of nitrogens with zero attached hydrogens (tertiary/aromatic N) is 3. The van der Waals surface area contributed by atoms with Crippen LogP contribution in [0.15, 0.2) is 67.1 Å². The van der Waals surface area contributed by atoms with Gasteiger partial charge in [0.25, 0.3) is 0 Å². The molecule has 26 heavy (non-hydrogen) atoms. The minimum Gasteiger partial charge on any atom is -0.395 e. The van der Waals surface area contributed by atoms with E-state index in [1.807, 2.05) is 53.2 Å². The molecule has 5 nitrogen and oxygen atoms in total. The zero-order valence-corrected chi connectivity index (χ0v) is 14.7. The van der Waals surface area contributed by atoms with Gasteiger partial charge in [0.2, 0.25) is 0 Å². The van der Waals surface area contributed by atoms with Crippen LogP contribution in [-0.2, 0) is 0 Å². The molecule has 0 radical (unpaired) electrons. The van der Waals surface area contributed by atoms with E-state index in [0.717, 1.165) is 27.8 Å². The normalized spacial score (nSPS) is 11.0. The van der Waals surface area contributed by atoms with Crippen molar-refractivity contribution in [1.29, 1.82) is 0 Å². The fourth-order valence-corrected chi connectivity index (χ4v) is 3.21. The number of hydrogen-bond donors (Lipinski definition) is 2. The molecule has 0 aliphatic heterocycles. The van der Waals surface area contributed by atoms with Crippen LogP contribution in [0.1, 0.15) is 0 Å². The Morgan fingerprint density at radius 1 is 1.04 bits per heavy atom. The minimum atomic E-state index is 0.0289. The van der Waals surface area contributed by atoms with E-state index in [1.54, 1.807) is 0 Å². The second-order valence-corrected chi connectivity index (χ2v) is 6.27. The molecule has 2 heterocycles. The standard InChI is InChI=1S/C20H17ClN4O/c21-15-7-4-8-16(11-15)25-12-17(14-5-2-1-3-6-14)18-19(22-9-10-26)23-13-24-20(18)25/h1-8,11-13,26H,9-10H2,(H,22,23,24). The SMILES string of the molecule is OCCNc1ncnc2c1c(-c1ccccc1)cn2-c1cccc(Cl)c1. The summed E-state index contributed by atoms with van der Waals surface area (Å²) in [6.07, 6.45) is 3.57. The molecule has 0 fully saturated rings. The molecule has 0 bridgehead atoms. The lowest BCUT2D eigenvalue weighted by Gasteiger charge is -2.08. The first-order chi connectivity index (χ1) is 12.8. The van der Waals surface area contributed by atoms with Crippen LogP contribution in [-0.4, -0.2) is 32.8 Å². The number of halogens is 1. The molecule has 0 aliphatic rings. The van der Waals surface area contributed by atoms with Crippen LogP contribution >= 0.6 is 11.6 Å². The molecule has 0 saturated carbocycles. The maximum absolute atomic E-state index is 9.17. The van der Waals surface area contributed by atoms with Gasteiger partial charge in [-0.05, 0) is 23.8 Å². The summed E-state index contributed by atoms with van der Waals surface area (Å²) in [5.74, 6) is 0.698. The van der Waals surface area contributed by atoms with Gasteiger partial charge in [0.1, 0.15) is 12.1 Å². The van der Waals surface area contributed by atoms with E-state index in [2.05, 4.69) is 27.4 Å². The summed E-state index contributed by atoms with van der Waals surface area (Å²) >= 11 is 6.18. The lowest BCUT2D eigenvalue weighted by atomic mass is 10.1. The second kappa shape index (κ2) is 7.15. The predicted molar refractivity (Wildman–Crippen MR) is 105 cm³/mol. The van der Waals surface area contributed by atoms with Crippen molar-refractivity contribution in [1.82, 2.24) is 14.5 Å². The number of anilines is 1. The van der Waals surface area contributed by atoms with Crippen molar-refractivity contribution in [3.8, 4) is 16.8 Å². The molecule has 0 aliphatic carbocycles. The van der Waals surface area contributed by atoms with Gasteiger partial charge in [-0.15, -0.1) is 0 Å². The molecule has 4 aromatic rings. The smallest absolute Gasteiger partial charge is 0.150 e. The number of aliphatic hydroxyl groups is 1. The van der Waals surface area contributed by atoms with E-state index < -0.39 is 0 Å². The Labute approximate surface area is 155 Å². The first-order valence-corrected chi connectivity index (χ1v) is 8.68. The lowest BCUT2D eigenvalue weighted by Crippen LogP contribution is -2.07. The summed E-state index contributed by atoms with van der Waals surface area (Å²) in [4.78, 5) is 8.89. The maximum Gasteiger partial charge on any atom is 0.150 e. The monoisotopic (exact) mass is 364 g/mol. The highest BCUT2D eigenvalue weighted by atomic mass is 35.5. The third kappa shape index (κ3) is 3.03. The highest BCUT2D eigenvalue weighted by molar-refractivity contribution is 6.30. The van der Waals surface area contributed by atoms with E-state index in [0.29, 0.717) is 17.4 Å². The Bertz CT molecular complexity index is 1050. The fourth-order valence-electron chi connectivity index (χ4n) is 3.03. The highest BCUT2D eigenvalue weighted by Crippen LogP contribution is 2.35. The molecule has 2 aromatic heterocycles. The maximum atomic E-state index is 9.17. The largest absolute Gasteiger partial charge is 0.395 e. The molecule has 0 atom stereocenters. The van der Waals surface area contributed by atoms with E-state index in [9.17, 15) is 5.11 Å². The first-order valence-electron chi connectivity index (χ1n) is 8.30. The Kier molecular flexibility index (Phi) is 4.56. The first kappa shape index (κ1) is 16.6. The molecule has 6 heteroatoms. The number of aliphatic hydroxyl groups excluding tert-OH is 1. The van der Waals surface area contributed by atoms with Crippen molar-refractivity contribution in [2.45, 2.75) is 0 Å². The van der Waals surface area contributed by atoms with Gasteiger partial charge in [0.15, 0.2) is 5.65 Å². The number of benzene rings is 2. The average Bonchev–Trinajstić information content (AvgIpc) is 3.07. The van der Waals surface area contributed by atoms with Crippen molar-refractivity contribution >= 4 is 28.5 Å². The Morgan fingerprint density at radius 3 is 2.65 bits per heavy atom. The van der Waals surface area contributed by atoms with Crippen molar-refractivity contribution in [2.75, 3.05) is 18.5 Å². The summed E-state index contributed by atoms with van der Waals surface area (Å²) in [6.45, 7) is 0.448. The number of fused-ring (bicyclic) bond motifs is 1. The van der Waals surface area contributed by atoms with Gasteiger partial charge in [-0.2, -0.15) is 0 Å². The zero-order valence-electron chi connectivity index (χ0n) is 13.9. The Morgan fingerprint density at radius 2 is 1.88 bits per heavy atom. The van der Waals surface area contributed by atoms with E-state index in [-0.39, 0.29) is 6.61 Å². The molecular formula is C20H17ClN4O. The van der Waals surface area contributed by atoms with Gasteiger partial charge in [0, 0.05) is 29.0 Å². The third-order valence-electron chi connectivity index (χ3n) is 4.16. The second-order valence-electron chi connectivity index (χ2n) is 5.83. The zero-order chi connectivity index (χ0) is 17.9. The predicted octanol–water partition coefficient (Wildman–Crippen LogP) is 4.15. The molecule has 0 saturated heterocycles. The molecule has 2 N–H and O–H groups in total. The third-order valence-corrected chi connectivity index (χ3v) is 4.39. The summed E-state index contributed by atoms with van der Waals surface area (Å²) in [7, 11) is 0. The molecule has 2 aromatic carbocycles. The van der Waals surface area contributed by atoms with Gasteiger partial charge in [-0.1, -0.05) is 48.0 Å². The number of rotatable bonds is 5. The van der Waals surface area contributed by atoms with Crippen LogP contribution in [0.5, 0.6) is 0 Å². The summed E-state index contributed by atoms with van der Waals surface area (Å²) in [5, 5.41) is 13.9. The van der Waals surface area contributed by atoms with E-state index >= 15 is 0 Å². The number of hydrogen-bond acceptors (Lipinski definition) is 4. The van der Waals surface area contributed by atoms with Crippen LogP contribution in [0.2, 0.25) is 5.02 Å². The van der Waals surface area contributed by atoms with Crippen molar-refractivity contribution in [3.05, 3.63) is 72.1 Å². The molecule has 130 valence electrons. The van der Waals surface area contributed by atoms with Crippen molar-refractivity contribution in [3.63, 3.8) is 0 Å². The molecular weight excluding hydrogens is 348 g/mol. The highest BCUT2D eigenvalue weighted by Gasteiger charge is 2.17. The summed E-state index contributed by atoms with van der Waals surface area (Å²) in [5.41, 5.74) is 3.79. The van der Waals surface area contributed by atoms with Crippen molar-refractivity contribution < 1.29 is 5.11 Å². The van der Waals surface area contributed by atoms with Crippen LogP contribution in [0.4, 0.5) is 5.82 Å². The lowest BCUT2D eigenvalue weighted by molar-refractivity contribution is 0.311. The van der Waals surface area contributed by atoms with Crippen LogP contribution in [0.25, 0.3) is 27.8 Å². The quantitative estimate of drug-likeness (QED) is 0.558. The Hall–Kier alpha value is -2.89. The van der Waals surface area contributed by atoms with Gasteiger partial charge in [-0.25, -0.2) is 9.97 Å². The van der Waals surface area contributed by atoms with Gasteiger partial charge in [0.05, 0.1) is 12.0 Å². The molecule has 0 spiro atoms. The van der Waals surface area contributed by atoms with Gasteiger partial charge in [-0.3, -0.25) is 0 Å². The average molecular weight is 365 g/mol. The molecule has 0 amide bonds. The van der Waals surface area contributed by atoms with E-state index in [1.165, 1.54) is 6.33 Å². The summed E-state index contributed by atoms with van der Waals surface area (Å²) in [6, 6.07) is 17.8. The van der Waals surface area contributed by atoms with Crippen LogP contribution < -0.4 is 5.32 Å².